The molecule has 0 aliphatic carbocycles. The predicted octanol–water partition coefficient (Wildman–Crippen LogP) is 4.36. The van der Waals surface area contributed by atoms with Crippen LogP contribution in [0.2, 0.25) is 0 Å². The first-order chi connectivity index (χ1) is 10.2. The van der Waals surface area contributed by atoms with Crippen molar-refractivity contribution in [3.63, 3.8) is 0 Å². The molecule has 0 atom stereocenters. The number of hydrogen-bond acceptors (Lipinski definition) is 2. The molecule has 0 aromatic heterocycles. The lowest BCUT2D eigenvalue weighted by atomic mass is 10.00. The molecule has 0 radical (unpaired) electrons. The van der Waals surface area contributed by atoms with E-state index < -0.39 is 0 Å². The summed E-state index contributed by atoms with van der Waals surface area (Å²) in [4.78, 5) is 0. The first-order valence-corrected chi connectivity index (χ1v) is 6.87. The van der Waals surface area contributed by atoms with Gasteiger partial charge in [0.1, 0.15) is 0 Å². The van der Waals surface area contributed by atoms with Gasteiger partial charge in [-0.3, -0.25) is 0 Å². The van der Waals surface area contributed by atoms with Crippen LogP contribution in [-0.2, 0) is 6.42 Å². The van der Waals surface area contributed by atoms with E-state index in [2.05, 4.69) is 24.3 Å². The van der Waals surface area contributed by atoms with E-state index >= 15 is 0 Å². The normalized spacial score (nSPS) is 10.5. The third kappa shape index (κ3) is 3.06. The molecule has 2 N–H and O–H groups in total. The number of rotatable bonds is 3. The Labute approximate surface area is 123 Å². The summed E-state index contributed by atoms with van der Waals surface area (Å²) in [5, 5.41) is 18.9. The van der Waals surface area contributed by atoms with Gasteiger partial charge >= 0.3 is 0 Å². The molecule has 2 heteroatoms. The molecule has 0 heterocycles. The summed E-state index contributed by atoms with van der Waals surface area (Å²) < 4.78 is 0. The second-order valence-corrected chi connectivity index (χ2v) is 5.06. The van der Waals surface area contributed by atoms with Crippen LogP contribution in [0.4, 0.5) is 0 Å². The molecule has 0 aliphatic rings. The van der Waals surface area contributed by atoms with Crippen LogP contribution in [-0.4, -0.2) is 10.2 Å². The average molecular weight is 276 g/mol. The summed E-state index contributed by atoms with van der Waals surface area (Å²) in [6, 6.07) is 23.4. The first-order valence-electron chi connectivity index (χ1n) is 6.87. The number of benzene rings is 3. The fourth-order valence-corrected chi connectivity index (χ4v) is 2.35. The van der Waals surface area contributed by atoms with Crippen molar-refractivity contribution in [3.05, 3.63) is 83.9 Å². The molecule has 0 saturated carbocycles. The van der Waals surface area contributed by atoms with E-state index in [-0.39, 0.29) is 11.5 Å². The van der Waals surface area contributed by atoms with Gasteiger partial charge in [-0.05, 0) is 40.8 Å². The van der Waals surface area contributed by atoms with Gasteiger partial charge in [-0.25, -0.2) is 0 Å². The van der Waals surface area contributed by atoms with Crippen LogP contribution in [0.25, 0.3) is 11.1 Å². The van der Waals surface area contributed by atoms with E-state index in [1.807, 2.05) is 30.3 Å². The zero-order valence-electron chi connectivity index (χ0n) is 11.5. The third-order valence-corrected chi connectivity index (χ3v) is 3.51. The van der Waals surface area contributed by atoms with E-state index in [4.69, 9.17) is 0 Å². The van der Waals surface area contributed by atoms with Crippen LogP contribution in [0.15, 0.2) is 72.8 Å². The Balaban J connectivity index is 1.82. The summed E-state index contributed by atoms with van der Waals surface area (Å²) in [5.74, 6) is -0.194. The molecule has 0 fully saturated rings. The van der Waals surface area contributed by atoms with E-state index in [0.29, 0.717) is 0 Å². The molecule has 3 aromatic rings. The summed E-state index contributed by atoms with van der Waals surface area (Å²) >= 11 is 0. The number of phenols is 2. The number of aromatic hydroxyl groups is 2. The van der Waals surface area contributed by atoms with Crippen molar-refractivity contribution < 1.29 is 10.2 Å². The SMILES string of the molecule is Oc1ccc(-c2ccc(Cc3ccccc3)cc2)cc1O. The van der Waals surface area contributed by atoms with Crippen molar-refractivity contribution in [2.45, 2.75) is 6.42 Å². The Morgan fingerprint density at radius 2 is 1.19 bits per heavy atom. The highest BCUT2D eigenvalue weighted by molar-refractivity contribution is 5.67. The lowest BCUT2D eigenvalue weighted by Crippen LogP contribution is -1.87. The van der Waals surface area contributed by atoms with Crippen LogP contribution < -0.4 is 0 Å². The van der Waals surface area contributed by atoms with E-state index in [1.54, 1.807) is 12.1 Å². The summed E-state index contributed by atoms with van der Waals surface area (Å²) in [7, 11) is 0. The Hall–Kier alpha value is -2.74. The van der Waals surface area contributed by atoms with Crippen LogP contribution in [0.1, 0.15) is 11.1 Å². The molecule has 21 heavy (non-hydrogen) atoms. The molecule has 0 spiro atoms. The van der Waals surface area contributed by atoms with E-state index in [1.165, 1.54) is 17.2 Å². The molecule has 0 amide bonds. The molecule has 0 aliphatic heterocycles. The van der Waals surface area contributed by atoms with Gasteiger partial charge in [-0.1, -0.05) is 60.7 Å². The van der Waals surface area contributed by atoms with Crippen molar-refractivity contribution in [1.29, 1.82) is 0 Å². The van der Waals surface area contributed by atoms with Crippen LogP contribution >= 0.6 is 0 Å². The van der Waals surface area contributed by atoms with Gasteiger partial charge in [0.05, 0.1) is 0 Å². The highest BCUT2D eigenvalue weighted by Crippen LogP contribution is 2.30. The Bertz CT molecular complexity index is 731. The number of phenolic OH excluding ortho intramolecular Hbond substituents is 2. The van der Waals surface area contributed by atoms with Crippen LogP contribution in [0.5, 0.6) is 11.5 Å². The lowest BCUT2D eigenvalue weighted by Gasteiger charge is -2.06. The maximum absolute atomic E-state index is 9.56. The van der Waals surface area contributed by atoms with Gasteiger partial charge in [0.15, 0.2) is 11.5 Å². The van der Waals surface area contributed by atoms with Crippen molar-refractivity contribution in [1.82, 2.24) is 0 Å². The molecular formula is C19H16O2. The molecule has 3 aromatic carbocycles. The zero-order chi connectivity index (χ0) is 14.7. The molecule has 0 bridgehead atoms. The Morgan fingerprint density at radius 1 is 0.571 bits per heavy atom. The quantitative estimate of drug-likeness (QED) is 0.698. The summed E-state index contributed by atoms with van der Waals surface area (Å²) in [6.07, 6.45) is 0.905. The standard InChI is InChI=1S/C19H16O2/c20-18-11-10-17(13-19(18)21)16-8-6-15(7-9-16)12-14-4-2-1-3-5-14/h1-11,13,20-21H,12H2. The number of hydrogen-bond donors (Lipinski definition) is 2. The van der Waals surface area contributed by atoms with Crippen molar-refractivity contribution in [3.8, 4) is 22.6 Å². The van der Waals surface area contributed by atoms with E-state index in [0.717, 1.165) is 17.5 Å². The van der Waals surface area contributed by atoms with E-state index in [9.17, 15) is 10.2 Å². The summed E-state index contributed by atoms with van der Waals surface area (Å²) in [5.41, 5.74) is 4.43. The minimum absolute atomic E-state index is 0.0964. The Morgan fingerprint density at radius 3 is 1.86 bits per heavy atom. The largest absolute Gasteiger partial charge is 0.504 e. The topological polar surface area (TPSA) is 40.5 Å². The third-order valence-electron chi connectivity index (χ3n) is 3.51. The van der Waals surface area contributed by atoms with Gasteiger partial charge in [-0.2, -0.15) is 0 Å². The molecule has 104 valence electrons. The van der Waals surface area contributed by atoms with Gasteiger partial charge < -0.3 is 10.2 Å². The maximum atomic E-state index is 9.56. The van der Waals surface area contributed by atoms with Gasteiger partial charge in [0.25, 0.3) is 0 Å². The van der Waals surface area contributed by atoms with Gasteiger partial charge in [0, 0.05) is 0 Å². The highest BCUT2D eigenvalue weighted by Gasteiger charge is 2.03. The zero-order valence-corrected chi connectivity index (χ0v) is 11.5. The van der Waals surface area contributed by atoms with Crippen molar-refractivity contribution in [2.75, 3.05) is 0 Å². The van der Waals surface area contributed by atoms with Gasteiger partial charge in [-0.15, -0.1) is 0 Å². The van der Waals surface area contributed by atoms with Gasteiger partial charge in [0.2, 0.25) is 0 Å². The second kappa shape index (κ2) is 5.71. The minimum atomic E-state index is -0.0977. The predicted molar refractivity (Wildman–Crippen MR) is 84.5 cm³/mol. The molecule has 0 saturated heterocycles. The van der Waals surface area contributed by atoms with Crippen molar-refractivity contribution in [2.24, 2.45) is 0 Å². The van der Waals surface area contributed by atoms with Crippen LogP contribution in [0.3, 0.4) is 0 Å². The molecule has 3 rings (SSSR count). The molecule has 2 nitrogen and oxygen atoms in total. The molecular weight excluding hydrogens is 260 g/mol. The maximum Gasteiger partial charge on any atom is 0.158 e. The average Bonchev–Trinajstić information content (AvgIpc) is 2.52. The lowest BCUT2D eigenvalue weighted by molar-refractivity contribution is 0.404. The summed E-state index contributed by atoms with van der Waals surface area (Å²) in [6.45, 7) is 0. The fourth-order valence-electron chi connectivity index (χ4n) is 2.35. The van der Waals surface area contributed by atoms with Crippen LogP contribution in [0, 0.1) is 0 Å². The smallest absolute Gasteiger partial charge is 0.158 e. The minimum Gasteiger partial charge on any atom is -0.504 e. The molecule has 0 unspecified atom stereocenters. The van der Waals surface area contributed by atoms with Crippen molar-refractivity contribution >= 4 is 0 Å². The monoisotopic (exact) mass is 276 g/mol. The highest BCUT2D eigenvalue weighted by atomic mass is 16.3. The Kier molecular flexibility index (Phi) is 3.61. The fraction of sp³-hybridized carbons (Fsp3) is 0.0526. The first kappa shape index (κ1) is 13.3. The second-order valence-electron chi connectivity index (χ2n) is 5.06.